The molecule has 0 aliphatic rings. The van der Waals surface area contributed by atoms with Gasteiger partial charge in [0.15, 0.2) is 9.84 Å². The molecular formula is C24H21BrO6S. The van der Waals surface area contributed by atoms with Crippen molar-refractivity contribution in [2.24, 2.45) is 0 Å². The molecule has 0 aliphatic heterocycles. The standard InChI is InChI=1S/C24H21BrO6S/c1-15-6-4-5-7-19(15)20-10-8-17(13-22(20)32(3,28)29)24(27)31-23(26)16-9-11-21(25)18(12-16)14-30-2/h4-13H,14H2,1-3H3. The molecule has 0 saturated heterocycles. The van der Waals surface area contributed by atoms with E-state index in [0.717, 1.165) is 27.4 Å². The van der Waals surface area contributed by atoms with E-state index in [9.17, 15) is 18.0 Å². The van der Waals surface area contributed by atoms with E-state index >= 15 is 0 Å². The fraction of sp³-hybridized carbons (Fsp3) is 0.167. The first kappa shape index (κ1) is 23.8. The molecule has 0 unspecified atom stereocenters. The number of methoxy groups -OCH3 is 1. The average molecular weight is 517 g/mol. The van der Waals surface area contributed by atoms with E-state index < -0.39 is 21.8 Å². The maximum absolute atomic E-state index is 12.6. The van der Waals surface area contributed by atoms with E-state index in [4.69, 9.17) is 9.47 Å². The molecule has 32 heavy (non-hydrogen) atoms. The lowest BCUT2D eigenvalue weighted by Crippen LogP contribution is -2.14. The average Bonchev–Trinajstić information content (AvgIpc) is 2.74. The van der Waals surface area contributed by atoms with Crippen molar-refractivity contribution in [3.63, 3.8) is 0 Å². The summed E-state index contributed by atoms with van der Waals surface area (Å²) in [6.07, 6.45) is 1.07. The summed E-state index contributed by atoms with van der Waals surface area (Å²) in [6.45, 7) is 2.14. The second kappa shape index (κ2) is 9.77. The third kappa shape index (κ3) is 5.32. The molecule has 0 bridgehead atoms. The third-order valence-electron chi connectivity index (χ3n) is 4.82. The Morgan fingerprint density at radius 3 is 2.16 bits per heavy atom. The number of sulfone groups is 1. The Bertz CT molecular complexity index is 1300. The molecule has 0 aromatic heterocycles. The van der Waals surface area contributed by atoms with Crippen molar-refractivity contribution in [2.75, 3.05) is 13.4 Å². The molecule has 166 valence electrons. The van der Waals surface area contributed by atoms with Crippen LogP contribution in [0.25, 0.3) is 11.1 Å². The number of carbonyl (C=O) groups excluding carboxylic acids is 2. The van der Waals surface area contributed by atoms with Gasteiger partial charge < -0.3 is 9.47 Å². The number of ether oxygens (including phenoxy) is 2. The van der Waals surface area contributed by atoms with Gasteiger partial charge in [0.25, 0.3) is 0 Å². The molecular weight excluding hydrogens is 496 g/mol. The van der Waals surface area contributed by atoms with Gasteiger partial charge >= 0.3 is 11.9 Å². The number of halogens is 1. The number of hydrogen-bond donors (Lipinski definition) is 0. The van der Waals surface area contributed by atoms with Crippen molar-refractivity contribution in [3.8, 4) is 11.1 Å². The predicted molar refractivity (Wildman–Crippen MR) is 124 cm³/mol. The summed E-state index contributed by atoms with van der Waals surface area (Å²) in [5, 5.41) is 0. The summed E-state index contributed by atoms with van der Waals surface area (Å²) in [5.74, 6) is -1.78. The molecule has 3 aromatic rings. The Morgan fingerprint density at radius 1 is 0.906 bits per heavy atom. The lowest BCUT2D eigenvalue weighted by Gasteiger charge is -2.12. The van der Waals surface area contributed by atoms with Crippen LogP contribution in [0.4, 0.5) is 0 Å². The van der Waals surface area contributed by atoms with Gasteiger partial charge in [0, 0.05) is 23.4 Å². The van der Waals surface area contributed by atoms with Crippen LogP contribution < -0.4 is 0 Å². The molecule has 3 aromatic carbocycles. The molecule has 0 amide bonds. The van der Waals surface area contributed by atoms with Gasteiger partial charge in [-0.05, 0) is 53.9 Å². The SMILES string of the molecule is COCc1cc(C(=O)OC(=O)c2ccc(-c3ccccc3C)c(S(C)(=O)=O)c2)ccc1Br. The lowest BCUT2D eigenvalue weighted by atomic mass is 9.99. The van der Waals surface area contributed by atoms with Crippen LogP contribution in [0.15, 0.2) is 70.0 Å². The van der Waals surface area contributed by atoms with Crippen LogP contribution in [0.3, 0.4) is 0 Å². The molecule has 0 N–H and O–H groups in total. The highest BCUT2D eigenvalue weighted by molar-refractivity contribution is 9.10. The minimum atomic E-state index is -3.66. The predicted octanol–water partition coefficient (Wildman–Crippen LogP) is 4.97. The van der Waals surface area contributed by atoms with Crippen LogP contribution in [0.2, 0.25) is 0 Å². The molecule has 0 aliphatic carbocycles. The molecule has 0 heterocycles. The number of hydrogen-bond acceptors (Lipinski definition) is 6. The summed E-state index contributed by atoms with van der Waals surface area (Å²) in [4.78, 5) is 25.1. The first-order valence-corrected chi connectivity index (χ1v) is 12.2. The highest BCUT2D eigenvalue weighted by Crippen LogP contribution is 2.31. The number of benzene rings is 3. The molecule has 6 nitrogen and oxygen atoms in total. The van der Waals surface area contributed by atoms with Crippen molar-refractivity contribution < 1.29 is 27.5 Å². The van der Waals surface area contributed by atoms with E-state index in [1.165, 1.54) is 25.3 Å². The summed E-state index contributed by atoms with van der Waals surface area (Å²) >= 11 is 3.37. The van der Waals surface area contributed by atoms with Crippen molar-refractivity contribution >= 4 is 37.7 Å². The molecule has 0 spiro atoms. The molecule has 0 atom stereocenters. The van der Waals surface area contributed by atoms with Gasteiger partial charge in [0.05, 0.1) is 22.6 Å². The topological polar surface area (TPSA) is 86.7 Å². The van der Waals surface area contributed by atoms with Crippen LogP contribution in [0.1, 0.15) is 31.8 Å². The van der Waals surface area contributed by atoms with Crippen molar-refractivity contribution in [1.82, 2.24) is 0 Å². The Hall–Kier alpha value is -2.81. The van der Waals surface area contributed by atoms with Crippen LogP contribution in [-0.4, -0.2) is 33.7 Å². The first-order valence-electron chi connectivity index (χ1n) is 9.56. The van der Waals surface area contributed by atoms with Gasteiger partial charge in [-0.25, -0.2) is 18.0 Å². The zero-order chi connectivity index (χ0) is 23.5. The Balaban J connectivity index is 1.93. The third-order valence-corrected chi connectivity index (χ3v) is 6.73. The minimum absolute atomic E-state index is 0.0141. The van der Waals surface area contributed by atoms with Crippen molar-refractivity contribution in [1.29, 1.82) is 0 Å². The van der Waals surface area contributed by atoms with Gasteiger partial charge in [-0.1, -0.05) is 46.3 Å². The zero-order valence-electron chi connectivity index (χ0n) is 17.7. The molecule has 0 saturated carbocycles. The molecule has 0 fully saturated rings. The van der Waals surface area contributed by atoms with E-state index in [0.29, 0.717) is 5.56 Å². The molecule has 3 rings (SSSR count). The first-order chi connectivity index (χ1) is 15.1. The zero-order valence-corrected chi connectivity index (χ0v) is 20.1. The Labute approximate surface area is 195 Å². The van der Waals surface area contributed by atoms with E-state index in [1.54, 1.807) is 18.2 Å². The summed E-state index contributed by atoms with van der Waals surface area (Å²) in [5.41, 5.74) is 2.97. The monoisotopic (exact) mass is 516 g/mol. The summed E-state index contributed by atoms with van der Waals surface area (Å²) in [7, 11) is -2.13. The van der Waals surface area contributed by atoms with E-state index in [2.05, 4.69) is 15.9 Å². The number of rotatable bonds is 6. The van der Waals surface area contributed by atoms with E-state index in [-0.39, 0.29) is 22.6 Å². The van der Waals surface area contributed by atoms with Crippen LogP contribution >= 0.6 is 15.9 Å². The fourth-order valence-corrected chi connectivity index (χ4v) is 4.50. The van der Waals surface area contributed by atoms with Gasteiger partial charge in [0.2, 0.25) is 0 Å². The largest absolute Gasteiger partial charge is 0.386 e. The smallest absolute Gasteiger partial charge is 0.346 e. The van der Waals surface area contributed by atoms with Crippen LogP contribution in [0, 0.1) is 6.92 Å². The van der Waals surface area contributed by atoms with Crippen LogP contribution in [0.5, 0.6) is 0 Å². The van der Waals surface area contributed by atoms with Gasteiger partial charge in [0.1, 0.15) is 0 Å². The second-order valence-electron chi connectivity index (χ2n) is 7.21. The number of aryl methyl sites for hydroxylation is 1. The van der Waals surface area contributed by atoms with Crippen molar-refractivity contribution in [3.05, 3.63) is 87.4 Å². The number of esters is 2. The quantitative estimate of drug-likeness (QED) is 0.339. The Kier molecular flexibility index (Phi) is 7.28. The van der Waals surface area contributed by atoms with Gasteiger partial charge in [-0.2, -0.15) is 0 Å². The molecule has 8 heteroatoms. The maximum atomic E-state index is 12.6. The van der Waals surface area contributed by atoms with Gasteiger partial charge in [-0.15, -0.1) is 0 Å². The maximum Gasteiger partial charge on any atom is 0.346 e. The highest BCUT2D eigenvalue weighted by Gasteiger charge is 2.21. The second-order valence-corrected chi connectivity index (χ2v) is 10.1. The highest BCUT2D eigenvalue weighted by atomic mass is 79.9. The normalized spacial score (nSPS) is 11.2. The Morgan fingerprint density at radius 2 is 1.53 bits per heavy atom. The molecule has 0 radical (unpaired) electrons. The summed E-state index contributed by atoms with van der Waals surface area (Å²) < 4.78 is 35.8. The van der Waals surface area contributed by atoms with Gasteiger partial charge in [-0.3, -0.25) is 0 Å². The van der Waals surface area contributed by atoms with Crippen LogP contribution in [-0.2, 0) is 25.9 Å². The summed E-state index contributed by atoms with van der Waals surface area (Å²) in [6, 6.07) is 16.3. The number of carbonyl (C=O) groups is 2. The lowest BCUT2D eigenvalue weighted by molar-refractivity contribution is 0.0397. The minimum Gasteiger partial charge on any atom is -0.386 e. The van der Waals surface area contributed by atoms with E-state index in [1.807, 2.05) is 31.2 Å². The van der Waals surface area contributed by atoms with Crippen molar-refractivity contribution in [2.45, 2.75) is 18.4 Å². The fourth-order valence-electron chi connectivity index (χ4n) is 3.22.